The van der Waals surface area contributed by atoms with Crippen molar-refractivity contribution < 1.29 is 28.4 Å². The summed E-state index contributed by atoms with van der Waals surface area (Å²) in [4.78, 5) is 24.0. The molecule has 1 radical (unpaired) electrons. The number of carbonyl (C=O) groups is 2. The summed E-state index contributed by atoms with van der Waals surface area (Å²) >= 11 is 0. The van der Waals surface area contributed by atoms with Gasteiger partial charge in [0.15, 0.2) is 0 Å². The van der Waals surface area contributed by atoms with Gasteiger partial charge < -0.3 is 18.8 Å². The summed E-state index contributed by atoms with van der Waals surface area (Å²) in [5.74, 6) is 1.10. The van der Waals surface area contributed by atoms with E-state index in [0.717, 1.165) is 24.0 Å². The highest BCUT2D eigenvalue weighted by Gasteiger charge is 2.16. The van der Waals surface area contributed by atoms with Gasteiger partial charge in [-0.2, -0.15) is 0 Å². The molecule has 2 aromatic rings. The van der Waals surface area contributed by atoms with Crippen molar-refractivity contribution in [2.45, 2.75) is 40.5 Å². The zero-order chi connectivity index (χ0) is 23.0. The fraction of sp³-hybridized carbons (Fsp3) is 0.417. The largest absolute Gasteiger partial charge is 0.658 e. The summed E-state index contributed by atoms with van der Waals surface area (Å²) in [6.07, 6.45) is 1.44. The Balaban J connectivity index is 2.12. The summed E-state index contributed by atoms with van der Waals surface area (Å²) in [7, 11) is 3.97. The molecule has 6 nitrogen and oxygen atoms in total. The van der Waals surface area contributed by atoms with E-state index in [1.54, 1.807) is 24.3 Å². The molecule has 0 unspecified atom stereocenters. The molecule has 0 saturated carbocycles. The smallest absolute Gasteiger partial charge is 0.526 e. The van der Waals surface area contributed by atoms with Gasteiger partial charge in [-0.15, -0.1) is 0 Å². The quantitative estimate of drug-likeness (QED) is 0.408. The zero-order valence-electron chi connectivity index (χ0n) is 19.1. The van der Waals surface area contributed by atoms with Crippen LogP contribution in [0, 0.1) is 11.8 Å². The SMILES string of the molecule is COC(=O)c1ccc(O[B]Oc2ccc(C(=O)OC)c(CC(C)C)c2)cc1CC(C)C. The topological polar surface area (TPSA) is 71.1 Å². The second-order valence-corrected chi connectivity index (χ2v) is 8.15. The Labute approximate surface area is 185 Å². The van der Waals surface area contributed by atoms with Crippen LogP contribution in [0.3, 0.4) is 0 Å². The van der Waals surface area contributed by atoms with Gasteiger partial charge in [-0.1, -0.05) is 27.7 Å². The molecular weight excluding hydrogens is 395 g/mol. The van der Waals surface area contributed by atoms with Crippen LogP contribution in [-0.2, 0) is 22.3 Å². The molecule has 0 N–H and O–H groups in total. The first-order valence-electron chi connectivity index (χ1n) is 10.3. The van der Waals surface area contributed by atoms with Gasteiger partial charge in [0.1, 0.15) is 11.5 Å². The minimum Gasteiger partial charge on any atom is -0.526 e. The molecule has 0 atom stereocenters. The number of benzene rings is 2. The third kappa shape index (κ3) is 7.05. The molecule has 2 aromatic carbocycles. The number of methoxy groups -OCH3 is 2. The van der Waals surface area contributed by atoms with Crippen molar-refractivity contribution in [1.29, 1.82) is 0 Å². The molecule has 31 heavy (non-hydrogen) atoms. The number of hydrogen-bond donors (Lipinski definition) is 0. The van der Waals surface area contributed by atoms with E-state index in [9.17, 15) is 9.59 Å². The van der Waals surface area contributed by atoms with E-state index >= 15 is 0 Å². The van der Waals surface area contributed by atoms with Gasteiger partial charge in [-0.05, 0) is 72.2 Å². The summed E-state index contributed by atoms with van der Waals surface area (Å²) in [5.41, 5.74) is 2.77. The molecule has 0 fully saturated rings. The first-order valence-corrected chi connectivity index (χ1v) is 10.3. The van der Waals surface area contributed by atoms with Crippen molar-refractivity contribution in [2.24, 2.45) is 11.8 Å². The fourth-order valence-electron chi connectivity index (χ4n) is 3.26. The Morgan fingerprint density at radius 3 is 1.45 bits per heavy atom. The maximum absolute atomic E-state index is 12.0. The van der Waals surface area contributed by atoms with Crippen LogP contribution in [0.5, 0.6) is 11.5 Å². The monoisotopic (exact) mass is 425 g/mol. The van der Waals surface area contributed by atoms with Crippen molar-refractivity contribution >= 4 is 19.6 Å². The summed E-state index contributed by atoms with van der Waals surface area (Å²) < 4.78 is 21.0. The minimum atomic E-state index is -0.370. The Hall–Kier alpha value is -2.96. The molecular formula is C24H30BO6. The van der Waals surface area contributed by atoms with Gasteiger partial charge in [0.05, 0.1) is 25.3 Å². The summed E-state index contributed by atoms with van der Waals surface area (Å²) in [6, 6.07) is 10.4. The average molecular weight is 425 g/mol. The lowest BCUT2D eigenvalue weighted by Gasteiger charge is -2.14. The predicted molar refractivity (Wildman–Crippen MR) is 120 cm³/mol. The van der Waals surface area contributed by atoms with Crippen LogP contribution in [0.1, 0.15) is 59.5 Å². The third-order valence-corrected chi connectivity index (χ3v) is 4.59. The molecule has 0 aromatic heterocycles. The molecule has 2 rings (SSSR count). The summed E-state index contributed by atoms with van der Waals surface area (Å²) in [6.45, 7) is 8.32. The van der Waals surface area contributed by atoms with E-state index in [1.165, 1.54) is 21.9 Å². The number of esters is 2. The van der Waals surface area contributed by atoms with Gasteiger partial charge >= 0.3 is 19.6 Å². The number of hydrogen-bond acceptors (Lipinski definition) is 6. The predicted octanol–water partition coefficient (Wildman–Crippen LogP) is 4.65. The van der Waals surface area contributed by atoms with Crippen molar-refractivity contribution in [3.63, 3.8) is 0 Å². The highest BCUT2D eigenvalue weighted by Crippen LogP contribution is 2.24. The van der Waals surface area contributed by atoms with E-state index in [0.29, 0.717) is 34.5 Å². The van der Waals surface area contributed by atoms with E-state index < -0.39 is 0 Å². The minimum absolute atomic E-state index is 0.367. The van der Waals surface area contributed by atoms with Crippen LogP contribution in [-0.4, -0.2) is 33.8 Å². The van der Waals surface area contributed by atoms with Gasteiger partial charge in [0, 0.05) is 0 Å². The summed E-state index contributed by atoms with van der Waals surface area (Å²) in [5, 5.41) is 0. The normalized spacial score (nSPS) is 10.7. The number of rotatable bonds is 10. The van der Waals surface area contributed by atoms with E-state index in [-0.39, 0.29) is 11.9 Å². The van der Waals surface area contributed by atoms with Crippen LogP contribution in [0.15, 0.2) is 36.4 Å². The lowest BCUT2D eigenvalue weighted by Crippen LogP contribution is -2.14. The molecule has 0 heterocycles. The van der Waals surface area contributed by atoms with Crippen molar-refractivity contribution in [2.75, 3.05) is 14.2 Å². The van der Waals surface area contributed by atoms with Gasteiger partial charge in [0.25, 0.3) is 0 Å². The van der Waals surface area contributed by atoms with E-state index in [4.69, 9.17) is 18.8 Å². The van der Waals surface area contributed by atoms with Gasteiger partial charge in [0.2, 0.25) is 0 Å². The first-order chi connectivity index (χ1) is 14.7. The average Bonchev–Trinajstić information content (AvgIpc) is 2.72. The zero-order valence-corrected chi connectivity index (χ0v) is 19.1. The van der Waals surface area contributed by atoms with Crippen LogP contribution < -0.4 is 9.31 Å². The fourth-order valence-corrected chi connectivity index (χ4v) is 3.26. The Morgan fingerprint density at radius 2 is 1.13 bits per heavy atom. The van der Waals surface area contributed by atoms with E-state index in [2.05, 4.69) is 27.7 Å². The Morgan fingerprint density at radius 1 is 0.742 bits per heavy atom. The lowest BCUT2D eigenvalue weighted by molar-refractivity contribution is 0.0590. The molecule has 7 heteroatoms. The Bertz CT molecular complexity index is 833. The number of ether oxygens (including phenoxy) is 2. The molecule has 165 valence electrons. The van der Waals surface area contributed by atoms with Crippen LogP contribution in [0.4, 0.5) is 0 Å². The van der Waals surface area contributed by atoms with Gasteiger partial charge in [-0.25, -0.2) is 9.59 Å². The number of carbonyl (C=O) groups excluding carboxylic acids is 2. The molecule has 0 saturated heterocycles. The second kappa shape index (κ2) is 11.4. The van der Waals surface area contributed by atoms with E-state index in [1.807, 2.05) is 12.1 Å². The van der Waals surface area contributed by atoms with Crippen LogP contribution in [0.2, 0.25) is 0 Å². The highest BCUT2D eigenvalue weighted by atomic mass is 16.6. The van der Waals surface area contributed by atoms with Crippen molar-refractivity contribution in [3.8, 4) is 11.5 Å². The molecule has 0 aliphatic carbocycles. The molecule has 0 amide bonds. The Kier molecular flexibility index (Phi) is 8.97. The van der Waals surface area contributed by atoms with Crippen LogP contribution >= 0.6 is 0 Å². The molecule has 0 spiro atoms. The first kappa shape index (κ1) is 24.3. The maximum atomic E-state index is 12.0. The molecule has 0 bridgehead atoms. The third-order valence-electron chi connectivity index (χ3n) is 4.59. The highest BCUT2D eigenvalue weighted by molar-refractivity contribution is 6.20. The second-order valence-electron chi connectivity index (χ2n) is 8.15. The standard InChI is InChI=1S/C24H30BO6/c1-15(2)11-17-13-19(7-9-21(17)23(26)28-5)30-25-31-20-8-10-22(24(27)29-6)18(14-20)12-16(3)4/h7-10,13-16H,11-12H2,1-6H3. The van der Waals surface area contributed by atoms with Crippen LogP contribution in [0.25, 0.3) is 0 Å². The van der Waals surface area contributed by atoms with Gasteiger partial charge in [-0.3, -0.25) is 0 Å². The molecule has 0 aliphatic rings. The van der Waals surface area contributed by atoms with Crippen molar-refractivity contribution in [3.05, 3.63) is 58.7 Å². The van der Waals surface area contributed by atoms with Crippen molar-refractivity contribution in [1.82, 2.24) is 0 Å². The lowest BCUT2D eigenvalue weighted by atomic mass is 9.97. The maximum Gasteiger partial charge on any atom is 0.658 e. The molecule has 0 aliphatic heterocycles.